The summed E-state index contributed by atoms with van der Waals surface area (Å²) in [6.45, 7) is 1.83. The number of carbonyl (C=O) groups excluding carboxylic acids is 1. The number of fused-ring (bicyclic) bond motifs is 1. The molecular formula is C20H19N3O2. The van der Waals surface area contributed by atoms with E-state index in [4.69, 9.17) is 0 Å². The second-order valence-electron chi connectivity index (χ2n) is 5.63. The lowest BCUT2D eigenvalue weighted by atomic mass is 10.1. The number of hydrazone groups is 1. The summed E-state index contributed by atoms with van der Waals surface area (Å²) in [7, 11) is 0. The van der Waals surface area contributed by atoms with Crippen LogP contribution in [-0.2, 0) is 4.79 Å². The van der Waals surface area contributed by atoms with Crippen LogP contribution in [0.3, 0.4) is 0 Å². The number of nitrogens with one attached hydrogen (secondary N) is 2. The fraction of sp³-hybridized carbons (Fsp3) is 0.100. The molecule has 3 aromatic rings. The van der Waals surface area contributed by atoms with Gasteiger partial charge in [-0.3, -0.25) is 4.79 Å². The van der Waals surface area contributed by atoms with Crippen molar-refractivity contribution in [3.05, 3.63) is 72.3 Å². The van der Waals surface area contributed by atoms with Gasteiger partial charge in [0, 0.05) is 16.6 Å². The fourth-order valence-electron chi connectivity index (χ4n) is 2.58. The molecule has 0 bridgehead atoms. The van der Waals surface area contributed by atoms with Crippen molar-refractivity contribution in [3.8, 4) is 5.75 Å². The van der Waals surface area contributed by atoms with Crippen LogP contribution in [0.2, 0.25) is 0 Å². The molecule has 0 radical (unpaired) electrons. The van der Waals surface area contributed by atoms with Crippen LogP contribution in [0.4, 0.5) is 5.69 Å². The first-order chi connectivity index (χ1) is 12.1. The number of hydrogen-bond donors (Lipinski definition) is 3. The summed E-state index contributed by atoms with van der Waals surface area (Å²) in [5, 5.41) is 19.1. The third-order valence-electron chi connectivity index (χ3n) is 3.87. The Morgan fingerprint density at radius 1 is 1.00 bits per heavy atom. The number of para-hydroxylation sites is 1. The molecule has 0 aliphatic carbocycles. The molecule has 25 heavy (non-hydrogen) atoms. The van der Waals surface area contributed by atoms with Gasteiger partial charge in [0.05, 0.1) is 12.3 Å². The van der Waals surface area contributed by atoms with Crippen molar-refractivity contribution in [2.24, 2.45) is 5.10 Å². The summed E-state index contributed by atoms with van der Waals surface area (Å²) >= 11 is 0. The van der Waals surface area contributed by atoms with Crippen molar-refractivity contribution < 1.29 is 9.90 Å². The molecule has 0 heterocycles. The maximum absolute atomic E-state index is 12.0. The number of amides is 1. The van der Waals surface area contributed by atoms with Gasteiger partial charge in [-0.1, -0.05) is 48.5 Å². The second-order valence-corrected chi connectivity index (χ2v) is 5.63. The quantitative estimate of drug-likeness (QED) is 0.494. The Morgan fingerprint density at radius 3 is 2.56 bits per heavy atom. The maximum Gasteiger partial charge on any atom is 0.259 e. The number of anilines is 1. The van der Waals surface area contributed by atoms with Gasteiger partial charge in [-0.15, -0.1) is 0 Å². The van der Waals surface area contributed by atoms with Crippen molar-refractivity contribution in [1.82, 2.24) is 5.43 Å². The predicted octanol–water partition coefficient (Wildman–Crippen LogP) is 3.50. The molecule has 0 saturated heterocycles. The largest absolute Gasteiger partial charge is 0.507 e. The van der Waals surface area contributed by atoms with Crippen LogP contribution in [0.5, 0.6) is 5.75 Å². The first-order valence-corrected chi connectivity index (χ1v) is 7.98. The summed E-state index contributed by atoms with van der Waals surface area (Å²) in [5.74, 6) is -0.130. The van der Waals surface area contributed by atoms with Gasteiger partial charge in [0.25, 0.3) is 5.91 Å². The highest BCUT2D eigenvalue weighted by Crippen LogP contribution is 2.22. The van der Waals surface area contributed by atoms with E-state index < -0.39 is 0 Å². The standard InChI is InChI=1S/C20H19N3O2/c1-14(16-9-4-5-12-19(16)24)22-23-20(25)13-21-18-11-6-8-15-7-2-3-10-17(15)18/h2-12,21,24H,13H2,1H3,(H,23,25)/b22-14-. The Balaban J connectivity index is 1.63. The SMILES string of the molecule is C/C(=N/NC(=O)CNc1cccc2ccccc12)c1ccccc1O. The van der Waals surface area contributed by atoms with Gasteiger partial charge in [0.1, 0.15) is 5.75 Å². The van der Waals surface area contributed by atoms with E-state index in [1.54, 1.807) is 31.2 Å². The second kappa shape index (κ2) is 7.49. The summed E-state index contributed by atoms with van der Waals surface area (Å²) in [6.07, 6.45) is 0. The van der Waals surface area contributed by atoms with Gasteiger partial charge in [-0.2, -0.15) is 5.10 Å². The Labute approximate surface area is 146 Å². The third kappa shape index (κ3) is 3.95. The van der Waals surface area contributed by atoms with Crippen LogP contribution < -0.4 is 10.7 Å². The molecule has 3 aromatic carbocycles. The number of carbonyl (C=O) groups is 1. The molecule has 0 saturated carbocycles. The van der Waals surface area contributed by atoms with Crippen molar-refractivity contribution >= 4 is 28.1 Å². The molecule has 0 spiro atoms. The molecule has 3 N–H and O–H groups in total. The van der Waals surface area contributed by atoms with E-state index in [0.717, 1.165) is 16.5 Å². The molecule has 0 fully saturated rings. The highest BCUT2D eigenvalue weighted by Gasteiger charge is 2.06. The van der Waals surface area contributed by atoms with E-state index in [2.05, 4.69) is 15.8 Å². The van der Waals surface area contributed by atoms with Gasteiger partial charge in [-0.25, -0.2) is 5.43 Å². The van der Waals surface area contributed by atoms with E-state index in [1.807, 2.05) is 42.5 Å². The van der Waals surface area contributed by atoms with Gasteiger partial charge < -0.3 is 10.4 Å². The molecule has 0 atom stereocenters. The van der Waals surface area contributed by atoms with Gasteiger partial charge in [0.15, 0.2) is 0 Å². The zero-order chi connectivity index (χ0) is 17.6. The summed E-state index contributed by atoms with van der Waals surface area (Å²) in [6, 6.07) is 20.8. The summed E-state index contributed by atoms with van der Waals surface area (Å²) in [4.78, 5) is 12.0. The molecule has 0 aromatic heterocycles. The normalized spacial score (nSPS) is 11.3. The lowest BCUT2D eigenvalue weighted by molar-refractivity contribution is -0.119. The molecule has 0 unspecified atom stereocenters. The van der Waals surface area contributed by atoms with Crippen LogP contribution in [0.25, 0.3) is 10.8 Å². The van der Waals surface area contributed by atoms with Crippen molar-refractivity contribution in [3.63, 3.8) is 0 Å². The number of nitrogens with zero attached hydrogens (tertiary/aromatic N) is 1. The smallest absolute Gasteiger partial charge is 0.259 e. The number of benzene rings is 3. The average molecular weight is 333 g/mol. The van der Waals surface area contributed by atoms with Gasteiger partial charge in [0.2, 0.25) is 0 Å². The first kappa shape index (κ1) is 16.5. The zero-order valence-electron chi connectivity index (χ0n) is 13.9. The minimum absolute atomic E-state index is 0.103. The maximum atomic E-state index is 12.0. The van der Waals surface area contributed by atoms with Crippen LogP contribution in [0.15, 0.2) is 71.8 Å². The average Bonchev–Trinajstić information content (AvgIpc) is 2.64. The monoisotopic (exact) mass is 333 g/mol. The third-order valence-corrected chi connectivity index (χ3v) is 3.87. The molecule has 5 heteroatoms. The van der Waals surface area contributed by atoms with E-state index >= 15 is 0 Å². The molecular weight excluding hydrogens is 314 g/mol. The molecule has 0 aliphatic heterocycles. The Hall–Kier alpha value is -3.34. The molecule has 5 nitrogen and oxygen atoms in total. The first-order valence-electron chi connectivity index (χ1n) is 7.98. The van der Waals surface area contributed by atoms with Gasteiger partial charge >= 0.3 is 0 Å². The van der Waals surface area contributed by atoms with E-state index in [-0.39, 0.29) is 18.2 Å². The number of aromatic hydroxyl groups is 1. The molecule has 126 valence electrons. The number of rotatable bonds is 5. The van der Waals surface area contributed by atoms with E-state index in [9.17, 15) is 9.90 Å². The van der Waals surface area contributed by atoms with Crippen molar-refractivity contribution in [1.29, 1.82) is 0 Å². The lowest BCUT2D eigenvalue weighted by Crippen LogP contribution is -2.26. The minimum Gasteiger partial charge on any atom is -0.507 e. The minimum atomic E-state index is -0.261. The van der Waals surface area contributed by atoms with E-state index in [0.29, 0.717) is 11.3 Å². The lowest BCUT2D eigenvalue weighted by Gasteiger charge is -2.09. The summed E-state index contributed by atoms with van der Waals surface area (Å²) in [5.41, 5.74) is 4.53. The number of hydrogen-bond acceptors (Lipinski definition) is 4. The Bertz CT molecular complexity index is 930. The highest BCUT2D eigenvalue weighted by molar-refractivity contribution is 6.01. The van der Waals surface area contributed by atoms with Crippen molar-refractivity contribution in [2.75, 3.05) is 11.9 Å². The van der Waals surface area contributed by atoms with E-state index in [1.165, 1.54) is 0 Å². The Kier molecular flexibility index (Phi) is 4.95. The number of phenolic OH excluding ortho intramolecular Hbond substituents is 1. The highest BCUT2D eigenvalue weighted by atomic mass is 16.3. The van der Waals surface area contributed by atoms with Crippen LogP contribution >= 0.6 is 0 Å². The van der Waals surface area contributed by atoms with Crippen LogP contribution in [-0.4, -0.2) is 23.3 Å². The van der Waals surface area contributed by atoms with Crippen LogP contribution in [0.1, 0.15) is 12.5 Å². The molecule has 0 aliphatic rings. The zero-order valence-corrected chi connectivity index (χ0v) is 13.9. The molecule has 1 amide bonds. The number of phenols is 1. The van der Waals surface area contributed by atoms with Crippen LogP contribution in [0, 0.1) is 0 Å². The molecule has 3 rings (SSSR count). The van der Waals surface area contributed by atoms with Crippen molar-refractivity contribution in [2.45, 2.75) is 6.92 Å². The fourth-order valence-corrected chi connectivity index (χ4v) is 2.58. The summed E-state index contributed by atoms with van der Waals surface area (Å²) < 4.78 is 0. The predicted molar refractivity (Wildman–Crippen MR) is 101 cm³/mol. The van der Waals surface area contributed by atoms with Gasteiger partial charge in [-0.05, 0) is 30.5 Å². The Morgan fingerprint density at radius 2 is 1.72 bits per heavy atom. The topological polar surface area (TPSA) is 73.7 Å².